The van der Waals surface area contributed by atoms with E-state index in [1.165, 1.54) is 12.3 Å². The Morgan fingerprint density at radius 1 is 1.29 bits per heavy atom. The highest BCUT2D eigenvalue weighted by molar-refractivity contribution is 5.66. The third kappa shape index (κ3) is 1.34. The summed E-state index contributed by atoms with van der Waals surface area (Å²) in [6.07, 6.45) is 1.53. The summed E-state index contributed by atoms with van der Waals surface area (Å²) in [7, 11) is 0. The first kappa shape index (κ1) is 8.39. The molecule has 0 aliphatic carbocycles. The van der Waals surface area contributed by atoms with Crippen LogP contribution in [0.4, 0.5) is 0 Å². The Morgan fingerprint density at radius 2 is 2.14 bits per heavy atom. The van der Waals surface area contributed by atoms with Gasteiger partial charge in [-0.1, -0.05) is 0 Å². The number of nitriles is 1. The van der Waals surface area contributed by atoms with Crippen molar-refractivity contribution in [3.8, 4) is 23.1 Å². The monoisotopic (exact) mass is 185 g/mol. The molecule has 0 amide bonds. The molecule has 1 aromatic heterocycles. The third-order valence-corrected chi connectivity index (χ3v) is 1.91. The van der Waals surface area contributed by atoms with Gasteiger partial charge in [-0.3, -0.25) is 0 Å². The first-order valence-electron chi connectivity index (χ1n) is 4.08. The molecule has 1 heterocycles. The molecule has 0 atom stereocenters. The van der Waals surface area contributed by atoms with Gasteiger partial charge in [-0.2, -0.15) is 5.26 Å². The lowest BCUT2D eigenvalue weighted by Crippen LogP contribution is -1.78. The minimum atomic E-state index is 0.0546. The lowest BCUT2D eigenvalue weighted by Gasteiger charge is -2.00. The molecular formula is C11H7NO2. The predicted molar refractivity (Wildman–Crippen MR) is 50.5 cm³/mol. The molecule has 1 N–H and O–H groups in total. The van der Waals surface area contributed by atoms with Gasteiger partial charge in [0.2, 0.25) is 0 Å². The van der Waals surface area contributed by atoms with E-state index >= 15 is 0 Å². The van der Waals surface area contributed by atoms with E-state index in [1.807, 2.05) is 6.07 Å². The first-order valence-corrected chi connectivity index (χ1v) is 4.08. The molecule has 3 heteroatoms. The van der Waals surface area contributed by atoms with Gasteiger partial charge in [0.15, 0.2) is 0 Å². The van der Waals surface area contributed by atoms with Crippen LogP contribution in [-0.4, -0.2) is 5.11 Å². The smallest absolute Gasteiger partial charge is 0.137 e. The number of hydrogen-bond acceptors (Lipinski definition) is 3. The van der Waals surface area contributed by atoms with Gasteiger partial charge in [0.25, 0.3) is 0 Å². The Kier molecular flexibility index (Phi) is 1.96. The molecule has 0 radical (unpaired) electrons. The van der Waals surface area contributed by atoms with Gasteiger partial charge in [-0.15, -0.1) is 0 Å². The molecule has 0 aliphatic heterocycles. The Labute approximate surface area is 80.8 Å². The van der Waals surface area contributed by atoms with Gasteiger partial charge in [0.1, 0.15) is 11.5 Å². The van der Waals surface area contributed by atoms with E-state index in [0.29, 0.717) is 16.9 Å². The van der Waals surface area contributed by atoms with Crippen molar-refractivity contribution in [1.29, 1.82) is 5.26 Å². The molecule has 0 spiro atoms. The molecule has 3 nitrogen and oxygen atoms in total. The van der Waals surface area contributed by atoms with Crippen LogP contribution in [0.5, 0.6) is 5.75 Å². The van der Waals surface area contributed by atoms with Gasteiger partial charge in [-0.05, 0) is 30.3 Å². The number of benzene rings is 1. The molecule has 0 fully saturated rings. The zero-order chi connectivity index (χ0) is 9.97. The summed E-state index contributed by atoms with van der Waals surface area (Å²) in [5, 5.41) is 18.2. The van der Waals surface area contributed by atoms with Crippen molar-refractivity contribution < 1.29 is 9.52 Å². The highest BCUT2D eigenvalue weighted by Crippen LogP contribution is 2.29. The van der Waals surface area contributed by atoms with Crippen LogP contribution in [0.15, 0.2) is 41.0 Å². The quantitative estimate of drug-likeness (QED) is 0.742. The number of nitrogens with zero attached hydrogens (tertiary/aromatic N) is 1. The molecular weight excluding hydrogens is 178 g/mol. The van der Waals surface area contributed by atoms with Crippen LogP contribution in [0.25, 0.3) is 11.3 Å². The number of phenolic OH excluding ortho intramolecular Hbond substituents is 1. The fraction of sp³-hybridized carbons (Fsp3) is 0. The Morgan fingerprint density at radius 3 is 2.71 bits per heavy atom. The Balaban J connectivity index is 2.52. The van der Waals surface area contributed by atoms with E-state index in [9.17, 15) is 5.11 Å². The van der Waals surface area contributed by atoms with Crippen LogP contribution >= 0.6 is 0 Å². The van der Waals surface area contributed by atoms with Gasteiger partial charge in [0.05, 0.1) is 23.5 Å². The topological polar surface area (TPSA) is 57.2 Å². The number of aromatic hydroxyl groups is 1. The average molecular weight is 185 g/mol. The minimum Gasteiger partial charge on any atom is -0.507 e. The standard InChI is InChI=1S/C11H7NO2/c12-7-8-3-4-9(10(13)6-8)11-2-1-5-14-11/h1-6,13H. The highest BCUT2D eigenvalue weighted by atomic mass is 16.3. The van der Waals surface area contributed by atoms with E-state index in [-0.39, 0.29) is 5.75 Å². The fourth-order valence-corrected chi connectivity index (χ4v) is 1.24. The number of furan rings is 1. The molecule has 0 bridgehead atoms. The second-order valence-electron chi connectivity index (χ2n) is 2.82. The zero-order valence-electron chi connectivity index (χ0n) is 7.27. The normalized spacial score (nSPS) is 9.64. The maximum atomic E-state index is 9.58. The minimum absolute atomic E-state index is 0.0546. The van der Waals surface area contributed by atoms with Gasteiger partial charge < -0.3 is 9.52 Å². The largest absolute Gasteiger partial charge is 0.507 e. The average Bonchev–Trinajstić information content (AvgIpc) is 2.70. The third-order valence-electron chi connectivity index (χ3n) is 1.91. The molecule has 0 aliphatic rings. The van der Waals surface area contributed by atoms with Gasteiger partial charge in [-0.25, -0.2) is 0 Å². The molecule has 1 aromatic carbocycles. The van der Waals surface area contributed by atoms with Crippen LogP contribution in [-0.2, 0) is 0 Å². The summed E-state index contributed by atoms with van der Waals surface area (Å²) in [6.45, 7) is 0. The molecule has 14 heavy (non-hydrogen) atoms. The van der Waals surface area contributed by atoms with Crippen molar-refractivity contribution in [2.75, 3.05) is 0 Å². The van der Waals surface area contributed by atoms with Crippen LogP contribution in [0, 0.1) is 11.3 Å². The van der Waals surface area contributed by atoms with E-state index in [2.05, 4.69) is 0 Å². The van der Waals surface area contributed by atoms with E-state index in [1.54, 1.807) is 24.3 Å². The maximum absolute atomic E-state index is 9.58. The van der Waals surface area contributed by atoms with E-state index < -0.39 is 0 Å². The summed E-state index contributed by atoms with van der Waals surface area (Å²) in [5.74, 6) is 0.644. The summed E-state index contributed by atoms with van der Waals surface area (Å²) in [4.78, 5) is 0. The number of phenols is 1. The molecule has 2 aromatic rings. The van der Waals surface area contributed by atoms with E-state index in [4.69, 9.17) is 9.68 Å². The molecule has 0 saturated heterocycles. The Bertz CT molecular complexity index is 480. The summed E-state index contributed by atoms with van der Waals surface area (Å²) in [6, 6.07) is 10.2. The van der Waals surface area contributed by atoms with Crippen LogP contribution in [0.3, 0.4) is 0 Å². The van der Waals surface area contributed by atoms with Crippen molar-refractivity contribution in [2.45, 2.75) is 0 Å². The number of rotatable bonds is 1. The number of hydrogen-bond donors (Lipinski definition) is 1. The predicted octanol–water partition coefficient (Wildman–Crippen LogP) is 2.52. The van der Waals surface area contributed by atoms with Crippen LogP contribution in [0.1, 0.15) is 5.56 Å². The second kappa shape index (κ2) is 3.27. The molecule has 2 rings (SSSR count). The van der Waals surface area contributed by atoms with Crippen molar-refractivity contribution >= 4 is 0 Å². The molecule has 68 valence electrons. The van der Waals surface area contributed by atoms with Crippen molar-refractivity contribution in [2.24, 2.45) is 0 Å². The molecule has 0 saturated carbocycles. The van der Waals surface area contributed by atoms with Crippen molar-refractivity contribution in [3.63, 3.8) is 0 Å². The van der Waals surface area contributed by atoms with Gasteiger partial charge >= 0.3 is 0 Å². The van der Waals surface area contributed by atoms with Crippen molar-refractivity contribution in [3.05, 3.63) is 42.2 Å². The second-order valence-corrected chi connectivity index (χ2v) is 2.82. The van der Waals surface area contributed by atoms with E-state index in [0.717, 1.165) is 0 Å². The first-order chi connectivity index (χ1) is 6.81. The summed E-state index contributed by atoms with van der Waals surface area (Å²) >= 11 is 0. The van der Waals surface area contributed by atoms with Crippen LogP contribution in [0.2, 0.25) is 0 Å². The fourth-order valence-electron chi connectivity index (χ4n) is 1.24. The summed E-state index contributed by atoms with van der Waals surface area (Å²) in [5.41, 5.74) is 1.02. The maximum Gasteiger partial charge on any atom is 0.137 e. The Hall–Kier alpha value is -2.21. The summed E-state index contributed by atoms with van der Waals surface area (Å²) < 4.78 is 5.13. The lowest BCUT2D eigenvalue weighted by atomic mass is 10.1. The van der Waals surface area contributed by atoms with Crippen molar-refractivity contribution in [1.82, 2.24) is 0 Å². The van der Waals surface area contributed by atoms with Crippen LogP contribution < -0.4 is 0 Å². The lowest BCUT2D eigenvalue weighted by molar-refractivity contribution is 0.473. The zero-order valence-corrected chi connectivity index (χ0v) is 7.27. The highest BCUT2D eigenvalue weighted by Gasteiger charge is 2.06. The van der Waals surface area contributed by atoms with Gasteiger partial charge in [0, 0.05) is 0 Å². The molecule has 0 unspecified atom stereocenters. The SMILES string of the molecule is N#Cc1ccc(-c2ccco2)c(O)c1.